The van der Waals surface area contributed by atoms with E-state index in [9.17, 15) is 43.5 Å². The highest BCUT2D eigenvalue weighted by Crippen LogP contribution is 2.45. The number of hydrogen-bond donors (Lipinski definition) is 4. The maximum Gasteiger partial charge on any atom is 0.472 e. The van der Waals surface area contributed by atoms with Gasteiger partial charge in [-0.2, -0.15) is 0 Å². The average Bonchev–Trinajstić information content (AvgIpc) is 1.05. The second-order valence-electron chi connectivity index (χ2n) is 25.0. The summed E-state index contributed by atoms with van der Waals surface area (Å²) >= 11 is 0. The fourth-order valence-electron chi connectivity index (χ4n) is 9.61. The highest BCUT2D eigenvalue weighted by Gasteiger charge is 2.29. The van der Waals surface area contributed by atoms with Gasteiger partial charge in [0.2, 0.25) is 0 Å². The molecule has 101 heavy (non-hydrogen) atoms. The summed E-state index contributed by atoms with van der Waals surface area (Å²) in [7, 11) is -9.82. The number of allylic oxidation sites excluding steroid dienone is 28. The van der Waals surface area contributed by atoms with Crippen molar-refractivity contribution in [2.24, 2.45) is 0 Å². The van der Waals surface area contributed by atoms with Gasteiger partial charge in [0.05, 0.1) is 26.4 Å². The number of phosphoric acid groups is 2. The first-order chi connectivity index (χ1) is 49.2. The Morgan fingerprint density at radius 2 is 0.525 bits per heavy atom. The molecule has 0 aromatic carbocycles. The van der Waals surface area contributed by atoms with Gasteiger partial charge < -0.3 is 34.2 Å². The number of ether oxygens (including phenoxy) is 3. The fraction of sp³-hybridized carbons (Fsp3) is 0.627. The van der Waals surface area contributed by atoms with E-state index in [-0.39, 0.29) is 19.3 Å². The third-order valence-corrected chi connectivity index (χ3v) is 17.3. The molecule has 5 atom stereocenters. The van der Waals surface area contributed by atoms with Gasteiger partial charge in [-0.05, 0) is 154 Å². The molecule has 0 amide bonds. The summed E-state index contributed by atoms with van der Waals surface area (Å²) in [6, 6.07) is 0. The first-order valence-corrected chi connectivity index (χ1v) is 41.4. The second kappa shape index (κ2) is 74.6. The van der Waals surface area contributed by atoms with Crippen molar-refractivity contribution in [3.8, 4) is 0 Å². The van der Waals surface area contributed by atoms with Crippen LogP contribution in [0.4, 0.5) is 0 Å². The third kappa shape index (κ3) is 75.9. The van der Waals surface area contributed by atoms with E-state index in [1.807, 2.05) is 0 Å². The average molecular weight is 1450 g/mol. The molecule has 0 aliphatic heterocycles. The van der Waals surface area contributed by atoms with Crippen LogP contribution in [-0.2, 0) is 55.8 Å². The number of unbranched alkanes of at least 4 members (excludes halogenated alkanes) is 20. The van der Waals surface area contributed by atoms with Gasteiger partial charge in [-0.3, -0.25) is 32.5 Å². The maximum atomic E-state index is 13.0. The van der Waals surface area contributed by atoms with Gasteiger partial charge in [0.1, 0.15) is 25.4 Å². The minimum atomic E-state index is -4.95. The molecule has 0 spiro atoms. The van der Waals surface area contributed by atoms with Gasteiger partial charge in [-0.15, -0.1) is 0 Å². The van der Waals surface area contributed by atoms with Crippen LogP contribution < -0.4 is 0 Å². The lowest BCUT2D eigenvalue weighted by Gasteiger charge is -2.21. The molecule has 0 aromatic heterocycles. The number of carbonyl (C=O) groups excluding carboxylic acids is 3. The summed E-state index contributed by atoms with van der Waals surface area (Å²) in [5.74, 6) is -1.64. The summed E-state index contributed by atoms with van der Waals surface area (Å²) in [4.78, 5) is 58.7. The first-order valence-electron chi connectivity index (χ1n) is 38.4. The fourth-order valence-corrected chi connectivity index (χ4v) is 11.2. The van der Waals surface area contributed by atoms with E-state index < -0.39 is 91.5 Å². The smallest absolute Gasteiger partial charge is 0.463 e. The molecule has 0 fully saturated rings. The monoisotopic (exact) mass is 1450 g/mol. The van der Waals surface area contributed by atoms with E-state index in [1.165, 1.54) is 25.7 Å². The Hall–Kier alpha value is -5.09. The van der Waals surface area contributed by atoms with Crippen molar-refractivity contribution in [1.29, 1.82) is 0 Å². The number of esters is 3. The Balaban J connectivity index is 4.76. The van der Waals surface area contributed by atoms with Crippen LogP contribution >= 0.6 is 15.6 Å². The van der Waals surface area contributed by atoms with Crippen LogP contribution in [0.3, 0.4) is 0 Å². The van der Waals surface area contributed by atoms with Crippen LogP contribution in [0.1, 0.15) is 278 Å². The number of aliphatic hydroxyl groups is 2. The van der Waals surface area contributed by atoms with Crippen LogP contribution in [0.2, 0.25) is 0 Å². The molecule has 0 saturated carbocycles. The van der Waals surface area contributed by atoms with E-state index >= 15 is 0 Å². The van der Waals surface area contributed by atoms with Crippen molar-refractivity contribution >= 4 is 33.6 Å². The van der Waals surface area contributed by atoms with E-state index in [4.69, 9.17) is 32.3 Å². The minimum Gasteiger partial charge on any atom is -0.463 e. The highest BCUT2D eigenvalue weighted by molar-refractivity contribution is 7.47. The predicted molar refractivity (Wildman–Crippen MR) is 417 cm³/mol. The van der Waals surface area contributed by atoms with Crippen molar-refractivity contribution in [3.05, 3.63) is 170 Å². The summed E-state index contributed by atoms with van der Waals surface area (Å²) in [6.45, 7) is 2.35. The third-order valence-electron chi connectivity index (χ3n) is 15.4. The Labute approximate surface area is 612 Å². The van der Waals surface area contributed by atoms with Crippen molar-refractivity contribution in [2.75, 3.05) is 39.6 Å². The van der Waals surface area contributed by atoms with Crippen LogP contribution in [0.5, 0.6) is 0 Å². The zero-order valence-electron chi connectivity index (χ0n) is 62.5. The molecule has 5 unspecified atom stereocenters. The van der Waals surface area contributed by atoms with E-state index in [0.717, 1.165) is 193 Å². The maximum absolute atomic E-state index is 13.0. The van der Waals surface area contributed by atoms with Gasteiger partial charge in [0.15, 0.2) is 6.10 Å². The lowest BCUT2D eigenvalue weighted by Crippen LogP contribution is -2.30. The first kappa shape index (κ1) is 95.9. The molecular formula is C83H136O16P2. The Bertz CT molecular complexity index is 2520. The lowest BCUT2D eigenvalue weighted by atomic mass is 10.1. The van der Waals surface area contributed by atoms with Crippen LogP contribution in [0.25, 0.3) is 0 Å². The quantitative estimate of drug-likeness (QED) is 0.0146. The molecular weight excluding hydrogens is 1310 g/mol. The Morgan fingerprint density at radius 3 is 0.832 bits per heavy atom. The summed E-state index contributed by atoms with van der Waals surface area (Å²) in [5.41, 5.74) is 0. The zero-order chi connectivity index (χ0) is 73.7. The molecule has 0 heterocycles. The van der Waals surface area contributed by atoms with Crippen molar-refractivity contribution in [2.45, 2.75) is 296 Å². The molecule has 0 aliphatic carbocycles. The van der Waals surface area contributed by atoms with Crippen LogP contribution in [0.15, 0.2) is 170 Å². The molecule has 0 bridgehead atoms. The second-order valence-corrected chi connectivity index (χ2v) is 27.9. The van der Waals surface area contributed by atoms with Crippen molar-refractivity contribution in [1.82, 2.24) is 0 Å². The molecule has 16 nitrogen and oxygen atoms in total. The van der Waals surface area contributed by atoms with Gasteiger partial charge in [-0.25, -0.2) is 9.13 Å². The number of rotatable bonds is 71. The summed E-state index contributed by atoms with van der Waals surface area (Å²) in [6.07, 6.45) is 93.8. The standard InChI is InChI=1S/C83H136O16P2/c1-4-7-10-13-16-19-22-25-28-31-34-36-38-40-43-45-48-51-54-57-60-63-66-69-81(86)93-72-78(84)73-95-100(89,90)96-74-79(85)75-97-101(91,92)98-77-80(99-83(88)71-68-65-62-59-56-53-50-47-42-33-30-27-24-21-18-15-12-9-6-3)76-94-82(87)70-67-64-61-58-55-52-49-46-44-41-39-37-35-32-29-26-23-20-17-14-11-8-5-2/h7,9-10,12,16-21,25-30,34-37,40-44,47-48,51,78-80,84-85H,4-6,8,11,13-15,22-24,31-33,38-39,45-46,49-50,52-77H2,1-3H3,(H,89,90)(H,91,92)/b10-7-,12-9-,19-16-,20-17-,21-18-,28-25-,29-26-,30-27-,36-34-,37-35-,43-40-,44-41-,47-42-,51-48-. The van der Waals surface area contributed by atoms with Crippen molar-refractivity contribution < 1.29 is 75.8 Å². The normalized spacial score (nSPS) is 15.0. The van der Waals surface area contributed by atoms with Gasteiger partial charge in [0.25, 0.3) is 0 Å². The topological polar surface area (TPSA) is 231 Å². The van der Waals surface area contributed by atoms with Crippen molar-refractivity contribution in [3.63, 3.8) is 0 Å². The van der Waals surface area contributed by atoms with Gasteiger partial charge >= 0.3 is 33.6 Å². The Kier molecular flexibility index (Phi) is 70.9. The molecule has 18 heteroatoms. The summed E-state index contributed by atoms with van der Waals surface area (Å²) in [5, 5.41) is 20.6. The zero-order valence-corrected chi connectivity index (χ0v) is 64.3. The van der Waals surface area contributed by atoms with E-state index in [1.54, 1.807) is 0 Å². The Morgan fingerprint density at radius 1 is 0.287 bits per heavy atom. The lowest BCUT2D eigenvalue weighted by molar-refractivity contribution is -0.161. The largest absolute Gasteiger partial charge is 0.472 e. The highest BCUT2D eigenvalue weighted by atomic mass is 31.2. The number of hydrogen-bond acceptors (Lipinski definition) is 14. The summed E-state index contributed by atoms with van der Waals surface area (Å²) < 4.78 is 61.1. The SMILES string of the molecule is CC/C=C\C/C=C\C/C=C\C/C=C\C/C=C\C/C=C\CCCCCCC(=O)OCC(O)COP(=O)(O)OCC(O)COP(=O)(O)OCC(COC(=O)CCCCCCCCC/C=C\C/C=C\C/C=C\C/C=C\CCCCC)OC(=O)CCCCCCCC/C=C\C/C=C\C/C=C\C/C=C\CC. The number of carbonyl (C=O) groups is 3. The van der Waals surface area contributed by atoms with E-state index in [0.29, 0.717) is 19.3 Å². The van der Waals surface area contributed by atoms with Gasteiger partial charge in [0, 0.05) is 19.3 Å². The van der Waals surface area contributed by atoms with Crippen LogP contribution in [0, 0.1) is 0 Å². The molecule has 4 N–H and O–H groups in total. The number of phosphoric ester groups is 2. The molecule has 574 valence electrons. The van der Waals surface area contributed by atoms with Crippen LogP contribution in [-0.4, -0.2) is 95.9 Å². The molecule has 0 rings (SSSR count). The molecule has 0 aliphatic rings. The number of aliphatic hydroxyl groups excluding tert-OH is 2. The molecule has 0 aromatic rings. The van der Waals surface area contributed by atoms with Gasteiger partial charge in [-0.1, -0.05) is 274 Å². The minimum absolute atomic E-state index is 0.0788. The molecule has 0 saturated heterocycles. The molecule has 0 radical (unpaired) electrons. The predicted octanol–water partition coefficient (Wildman–Crippen LogP) is 22.4. The van der Waals surface area contributed by atoms with E-state index in [2.05, 4.69) is 191 Å².